The van der Waals surface area contributed by atoms with Crippen molar-refractivity contribution >= 4 is 11.9 Å². The van der Waals surface area contributed by atoms with E-state index in [4.69, 9.17) is 4.42 Å². The number of rotatable bonds is 6. The van der Waals surface area contributed by atoms with Crippen LogP contribution < -0.4 is 10.6 Å². The maximum Gasteiger partial charge on any atom is 0.315 e. The largest absolute Gasteiger partial charge is 0.408 e. The number of halogens is 1. The van der Waals surface area contributed by atoms with Gasteiger partial charge in [0.1, 0.15) is 6.17 Å². The molecule has 1 aromatic rings. The second-order valence-electron chi connectivity index (χ2n) is 8.62. The molecule has 7 heteroatoms. The zero-order valence-electron chi connectivity index (χ0n) is 15.5. The number of amides is 1. The summed E-state index contributed by atoms with van der Waals surface area (Å²) in [5.74, 6) is 0.476. The van der Waals surface area contributed by atoms with E-state index < -0.39 is 12.1 Å². The van der Waals surface area contributed by atoms with E-state index >= 15 is 0 Å². The van der Waals surface area contributed by atoms with Crippen molar-refractivity contribution in [1.82, 2.24) is 15.5 Å². The fraction of sp³-hybridized carbons (Fsp3) is 0.833. The first kappa shape index (κ1) is 18.1. The normalized spacial score (nSPS) is 31.0. The Balaban J connectivity index is 1.60. The van der Waals surface area contributed by atoms with Gasteiger partial charge < -0.3 is 15.1 Å². The number of hydrogen-bond acceptors (Lipinski definition) is 5. The minimum Gasteiger partial charge on any atom is -0.408 e. The zero-order valence-corrected chi connectivity index (χ0v) is 15.5. The third kappa shape index (κ3) is 4.50. The molecule has 1 amide bonds. The third-order valence-corrected chi connectivity index (χ3v) is 5.34. The van der Waals surface area contributed by atoms with Crippen LogP contribution in [-0.4, -0.2) is 34.9 Å². The Labute approximate surface area is 148 Å². The van der Waals surface area contributed by atoms with Crippen LogP contribution in [-0.2, 0) is 4.79 Å². The second-order valence-corrected chi connectivity index (χ2v) is 8.62. The molecular weight excluding hydrogens is 323 g/mol. The van der Waals surface area contributed by atoms with Gasteiger partial charge in [-0.25, -0.2) is 4.39 Å². The SMILES string of the molecule is CC(C)c1nnc(NCC2CC(C)(C)CCC2NC(=O)C2CC2F)o1. The molecule has 2 saturated carbocycles. The van der Waals surface area contributed by atoms with Crippen molar-refractivity contribution in [2.45, 2.75) is 71.5 Å². The van der Waals surface area contributed by atoms with E-state index in [0.717, 1.165) is 19.3 Å². The summed E-state index contributed by atoms with van der Waals surface area (Å²) in [6, 6.07) is 0.483. The second kappa shape index (κ2) is 6.92. The molecule has 1 heterocycles. The molecule has 0 aromatic carbocycles. The Hall–Kier alpha value is -1.66. The molecule has 25 heavy (non-hydrogen) atoms. The van der Waals surface area contributed by atoms with Crippen LogP contribution in [0.1, 0.15) is 65.2 Å². The molecule has 0 aliphatic heterocycles. The minimum absolute atomic E-state index is 0.0633. The minimum atomic E-state index is -0.954. The quantitative estimate of drug-likeness (QED) is 0.821. The molecular formula is C18H29FN4O2. The topological polar surface area (TPSA) is 80.0 Å². The first-order valence-corrected chi connectivity index (χ1v) is 9.27. The van der Waals surface area contributed by atoms with Crippen LogP contribution in [0.3, 0.4) is 0 Å². The van der Waals surface area contributed by atoms with Crippen molar-refractivity contribution in [2.75, 3.05) is 11.9 Å². The summed E-state index contributed by atoms with van der Waals surface area (Å²) < 4.78 is 18.7. The summed E-state index contributed by atoms with van der Waals surface area (Å²) in [6.45, 7) is 9.16. The van der Waals surface area contributed by atoms with Crippen molar-refractivity contribution < 1.29 is 13.6 Å². The summed E-state index contributed by atoms with van der Waals surface area (Å²) in [4.78, 5) is 12.1. The highest BCUT2D eigenvalue weighted by Gasteiger charge is 2.45. The number of nitrogens with one attached hydrogen (secondary N) is 2. The Morgan fingerprint density at radius 2 is 2.12 bits per heavy atom. The molecule has 2 fully saturated rings. The average molecular weight is 352 g/mol. The highest BCUT2D eigenvalue weighted by Crippen LogP contribution is 2.40. The smallest absolute Gasteiger partial charge is 0.315 e. The average Bonchev–Trinajstić information content (AvgIpc) is 3.08. The molecule has 2 N–H and O–H groups in total. The van der Waals surface area contributed by atoms with Gasteiger partial charge in [-0.05, 0) is 37.0 Å². The lowest BCUT2D eigenvalue weighted by Crippen LogP contribution is -2.48. The number of aromatic nitrogens is 2. The third-order valence-electron chi connectivity index (χ3n) is 5.34. The molecule has 2 aliphatic rings. The fourth-order valence-electron chi connectivity index (χ4n) is 3.62. The number of hydrogen-bond donors (Lipinski definition) is 2. The summed E-state index contributed by atoms with van der Waals surface area (Å²) in [5.41, 5.74) is 0.230. The molecule has 4 atom stereocenters. The fourth-order valence-corrected chi connectivity index (χ4v) is 3.62. The Kier molecular flexibility index (Phi) is 5.02. The summed E-state index contributed by atoms with van der Waals surface area (Å²) >= 11 is 0. The van der Waals surface area contributed by atoms with Gasteiger partial charge in [0.25, 0.3) is 0 Å². The van der Waals surface area contributed by atoms with Crippen LogP contribution in [0.4, 0.5) is 10.4 Å². The van der Waals surface area contributed by atoms with Gasteiger partial charge in [0, 0.05) is 18.5 Å². The van der Waals surface area contributed by atoms with Gasteiger partial charge in [-0.3, -0.25) is 4.79 Å². The van der Waals surface area contributed by atoms with Crippen LogP contribution in [0, 0.1) is 17.3 Å². The van der Waals surface area contributed by atoms with Crippen LogP contribution in [0.2, 0.25) is 0 Å². The number of nitrogens with zero attached hydrogens (tertiary/aromatic N) is 2. The molecule has 0 saturated heterocycles. The van der Waals surface area contributed by atoms with Crippen molar-refractivity contribution in [1.29, 1.82) is 0 Å². The number of anilines is 1. The van der Waals surface area contributed by atoms with E-state index in [-0.39, 0.29) is 29.2 Å². The number of alkyl halides is 1. The van der Waals surface area contributed by atoms with E-state index in [0.29, 0.717) is 24.9 Å². The van der Waals surface area contributed by atoms with Gasteiger partial charge in [0.05, 0.1) is 5.92 Å². The van der Waals surface area contributed by atoms with Gasteiger partial charge in [0.2, 0.25) is 11.8 Å². The lowest BCUT2D eigenvalue weighted by Gasteiger charge is -2.41. The van der Waals surface area contributed by atoms with E-state index in [1.165, 1.54) is 0 Å². The molecule has 6 nitrogen and oxygen atoms in total. The van der Waals surface area contributed by atoms with E-state index in [9.17, 15) is 9.18 Å². The van der Waals surface area contributed by atoms with Crippen molar-refractivity contribution in [3.63, 3.8) is 0 Å². The lowest BCUT2D eigenvalue weighted by atomic mass is 9.70. The van der Waals surface area contributed by atoms with Crippen molar-refractivity contribution in [3.8, 4) is 0 Å². The van der Waals surface area contributed by atoms with E-state index in [1.807, 2.05) is 13.8 Å². The molecule has 2 aliphatic carbocycles. The lowest BCUT2D eigenvalue weighted by molar-refractivity contribution is -0.124. The zero-order chi connectivity index (χ0) is 18.2. The standard InChI is InChI=1S/C18H29FN4O2/c1-10(2)16-22-23-17(25-16)20-9-11-8-18(3,4)6-5-14(11)21-15(24)12-7-13(12)19/h10-14H,5-9H2,1-4H3,(H,20,23)(H,21,24). The molecule has 3 rings (SSSR count). The summed E-state index contributed by atoms with van der Waals surface area (Å²) in [7, 11) is 0. The first-order chi connectivity index (χ1) is 11.7. The van der Waals surface area contributed by atoms with Gasteiger partial charge >= 0.3 is 6.01 Å². The molecule has 0 radical (unpaired) electrons. The molecule has 140 valence electrons. The number of carbonyl (C=O) groups excluding carboxylic acids is 1. The van der Waals surface area contributed by atoms with Gasteiger partial charge in [0.15, 0.2) is 0 Å². The van der Waals surface area contributed by atoms with Gasteiger partial charge in [-0.15, -0.1) is 5.10 Å². The predicted molar refractivity (Wildman–Crippen MR) is 92.9 cm³/mol. The Morgan fingerprint density at radius 1 is 1.40 bits per heavy atom. The van der Waals surface area contributed by atoms with Crippen LogP contribution in [0.5, 0.6) is 0 Å². The van der Waals surface area contributed by atoms with Crippen LogP contribution in [0.25, 0.3) is 0 Å². The maximum atomic E-state index is 13.1. The molecule has 0 bridgehead atoms. The predicted octanol–water partition coefficient (Wildman–Crippen LogP) is 3.27. The Bertz CT molecular complexity index is 616. The van der Waals surface area contributed by atoms with Gasteiger partial charge in [-0.1, -0.05) is 32.8 Å². The van der Waals surface area contributed by atoms with Crippen LogP contribution >= 0.6 is 0 Å². The highest BCUT2D eigenvalue weighted by atomic mass is 19.1. The molecule has 1 aromatic heterocycles. The first-order valence-electron chi connectivity index (χ1n) is 9.27. The maximum absolute atomic E-state index is 13.1. The summed E-state index contributed by atoms with van der Waals surface area (Å²) in [6.07, 6.45) is 2.36. The van der Waals surface area contributed by atoms with E-state index in [1.54, 1.807) is 0 Å². The Morgan fingerprint density at radius 3 is 2.72 bits per heavy atom. The number of carbonyl (C=O) groups is 1. The highest BCUT2D eigenvalue weighted by molar-refractivity contribution is 5.82. The molecule has 4 unspecified atom stereocenters. The van der Waals surface area contributed by atoms with Crippen LogP contribution in [0.15, 0.2) is 4.42 Å². The van der Waals surface area contributed by atoms with E-state index in [2.05, 4.69) is 34.7 Å². The summed E-state index contributed by atoms with van der Waals surface area (Å²) in [5, 5.41) is 14.3. The van der Waals surface area contributed by atoms with Crippen molar-refractivity contribution in [3.05, 3.63) is 5.89 Å². The van der Waals surface area contributed by atoms with Gasteiger partial charge in [-0.2, -0.15) is 0 Å². The van der Waals surface area contributed by atoms with Crippen molar-refractivity contribution in [2.24, 2.45) is 17.3 Å². The molecule has 0 spiro atoms. The monoisotopic (exact) mass is 352 g/mol.